The van der Waals surface area contributed by atoms with Crippen molar-refractivity contribution in [2.45, 2.75) is 6.42 Å². The van der Waals surface area contributed by atoms with Crippen molar-refractivity contribution in [1.29, 1.82) is 0 Å². The van der Waals surface area contributed by atoms with Crippen molar-refractivity contribution < 1.29 is 39.0 Å². The molecule has 6 N–H and O–H groups in total. The number of carbonyl (C=O) groups excluding carboxylic acids is 4. The number of nitrogens with one attached hydrogen (secondary N) is 4. The van der Waals surface area contributed by atoms with E-state index in [0.717, 1.165) is 0 Å². The van der Waals surface area contributed by atoms with Crippen LogP contribution in [-0.4, -0.2) is 59.9 Å². The molecule has 208 valence electrons. The van der Waals surface area contributed by atoms with E-state index in [1.165, 1.54) is 14.1 Å². The number of halogens is 6. The monoisotopic (exact) mass is 1210 g/mol. The Morgan fingerprint density at radius 3 is 1.08 bits per heavy atom. The van der Waals surface area contributed by atoms with Crippen molar-refractivity contribution in [2.24, 2.45) is 0 Å². The van der Waals surface area contributed by atoms with Crippen molar-refractivity contribution in [3.8, 4) is 0 Å². The number of carboxylic acids is 2. The van der Waals surface area contributed by atoms with E-state index in [-0.39, 0.29) is 55.0 Å². The largest absolute Gasteiger partial charge is 0.478 e. The number of amides is 4. The molecule has 0 spiro atoms. The highest BCUT2D eigenvalue weighted by Gasteiger charge is 2.30. The van der Waals surface area contributed by atoms with Crippen molar-refractivity contribution in [3.63, 3.8) is 0 Å². The molecule has 0 aliphatic heterocycles. The molecule has 0 saturated heterocycles. The van der Waals surface area contributed by atoms with Crippen LogP contribution in [0.3, 0.4) is 0 Å². The summed E-state index contributed by atoms with van der Waals surface area (Å²) in [6.07, 6.45) is -0.730. The van der Waals surface area contributed by atoms with E-state index in [0.29, 0.717) is 0 Å². The second-order valence-corrected chi connectivity index (χ2v) is 13.6. The molecule has 2 aromatic carbocycles. The highest BCUT2D eigenvalue weighted by molar-refractivity contribution is 14.1. The van der Waals surface area contributed by atoms with Crippen LogP contribution in [0.1, 0.15) is 47.9 Å². The number of benzene rings is 2. The Bertz CT molecular complexity index is 1360. The van der Waals surface area contributed by atoms with Gasteiger partial charge < -0.3 is 31.5 Å². The quantitative estimate of drug-likeness (QED) is 0.166. The lowest BCUT2D eigenvalue weighted by molar-refractivity contribution is -0.123. The summed E-state index contributed by atoms with van der Waals surface area (Å²) < 4.78 is 1.27. The lowest BCUT2D eigenvalue weighted by Gasteiger charge is -2.18. The van der Waals surface area contributed by atoms with Gasteiger partial charge in [0.25, 0.3) is 11.8 Å². The van der Waals surface area contributed by atoms with Crippen LogP contribution in [0, 0.1) is 21.4 Å². The van der Waals surface area contributed by atoms with Gasteiger partial charge in [0.2, 0.25) is 11.8 Å². The van der Waals surface area contributed by atoms with Gasteiger partial charge in [-0.3, -0.25) is 19.2 Å². The Hall–Kier alpha value is -0.360. The number of rotatable bonds is 8. The maximum atomic E-state index is 12.9. The first kappa shape index (κ1) is 34.8. The molecular weight excluding hydrogens is 1200 g/mol. The van der Waals surface area contributed by atoms with Crippen molar-refractivity contribution >= 4 is 182 Å². The standard InChI is InChI=1S/C21H14I6N4O8/c1-28-18(34)6-10(22)8(20(36)37)14(26)16(12(6)24)30-4(32)3-5(33)31-17-13(25)7(19(35)29-2)11(23)9(15(17)27)21(38)39/h3H2,1-2H3,(H,28,34)(H,29,35)(H,30,32)(H,31,33)(H,36,37)(H,38,39). The van der Waals surface area contributed by atoms with Crippen LogP contribution in [0.4, 0.5) is 11.4 Å². The van der Waals surface area contributed by atoms with E-state index in [9.17, 15) is 39.0 Å². The molecule has 2 rings (SSSR count). The fourth-order valence-corrected chi connectivity index (χ4v) is 11.9. The Kier molecular flexibility index (Phi) is 13.1. The average molecular weight is 1210 g/mol. The number of carboxylic acid groups (broad SMARTS) is 2. The molecule has 0 heterocycles. The molecule has 2 aromatic rings. The molecule has 0 radical (unpaired) electrons. The summed E-state index contributed by atoms with van der Waals surface area (Å²) in [6, 6.07) is 0. The second-order valence-electron chi connectivity index (χ2n) is 7.18. The van der Waals surface area contributed by atoms with Crippen LogP contribution in [0.25, 0.3) is 0 Å². The number of carbonyl (C=O) groups is 6. The third-order valence-electron chi connectivity index (χ3n) is 4.82. The molecule has 0 aliphatic carbocycles. The van der Waals surface area contributed by atoms with E-state index < -0.39 is 42.0 Å². The zero-order chi connectivity index (χ0) is 29.9. The van der Waals surface area contributed by atoms with Crippen LogP contribution in [0.5, 0.6) is 0 Å². The van der Waals surface area contributed by atoms with E-state index in [2.05, 4.69) is 21.3 Å². The summed E-state index contributed by atoms with van der Waals surface area (Å²) in [5.74, 6) is -5.35. The average Bonchev–Trinajstić information content (AvgIpc) is 2.83. The van der Waals surface area contributed by atoms with Gasteiger partial charge in [0.15, 0.2) is 0 Å². The molecule has 18 heteroatoms. The predicted octanol–water partition coefficient (Wildman–Crippen LogP) is 4.40. The lowest BCUT2D eigenvalue weighted by Crippen LogP contribution is -2.27. The number of hydrogen-bond acceptors (Lipinski definition) is 6. The summed E-state index contributed by atoms with van der Waals surface area (Å²) in [5, 5.41) is 29.3. The Balaban J connectivity index is 2.48. The van der Waals surface area contributed by atoms with E-state index in [1.54, 1.807) is 90.4 Å². The fourth-order valence-electron chi connectivity index (χ4n) is 3.08. The molecule has 0 aliphatic rings. The van der Waals surface area contributed by atoms with Gasteiger partial charge in [0.05, 0.1) is 47.9 Å². The minimum absolute atomic E-state index is 0.0545. The SMILES string of the molecule is CNC(=O)c1c(I)c(NC(=O)CC(=O)Nc2c(I)c(C(=O)O)c(I)c(C(=O)NC)c2I)c(I)c(C(=O)O)c1I. The second kappa shape index (κ2) is 14.7. The molecule has 0 bridgehead atoms. The van der Waals surface area contributed by atoms with Crippen molar-refractivity contribution in [3.05, 3.63) is 43.7 Å². The van der Waals surface area contributed by atoms with Gasteiger partial charge in [-0.15, -0.1) is 0 Å². The van der Waals surface area contributed by atoms with E-state index >= 15 is 0 Å². The van der Waals surface area contributed by atoms with Crippen LogP contribution >= 0.6 is 136 Å². The van der Waals surface area contributed by atoms with Gasteiger partial charge >= 0.3 is 11.9 Å². The van der Waals surface area contributed by atoms with Gasteiger partial charge in [-0.1, -0.05) is 0 Å². The maximum Gasteiger partial charge on any atom is 0.337 e. The molecule has 39 heavy (non-hydrogen) atoms. The van der Waals surface area contributed by atoms with Crippen LogP contribution in [0.2, 0.25) is 0 Å². The summed E-state index contributed by atoms with van der Waals surface area (Å²) in [5.41, 5.74) is -0.135. The summed E-state index contributed by atoms with van der Waals surface area (Å²) in [6.45, 7) is 0. The van der Waals surface area contributed by atoms with Gasteiger partial charge in [-0.05, 0) is 136 Å². The fraction of sp³-hybridized carbons (Fsp3) is 0.143. The molecule has 0 unspecified atom stereocenters. The first-order valence-corrected chi connectivity index (χ1v) is 16.5. The molecule has 0 aromatic heterocycles. The molecule has 0 saturated carbocycles. The van der Waals surface area contributed by atoms with Crippen LogP contribution in [-0.2, 0) is 9.59 Å². The van der Waals surface area contributed by atoms with Gasteiger partial charge in [-0.2, -0.15) is 0 Å². The Morgan fingerprint density at radius 1 is 0.538 bits per heavy atom. The smallest absolute Gasteiger partial charge is 0.337 e. The number of anilines is 2. The lowest BCUT2D eigenvalue weighted by atomic mass is 10.1. The Morgan fingerprint density at radius 2 is 0.821 bits per heavy atom. The Labute approximate surface area is 302 Å². The minimum atomic E-state index is -1.30. The molecule has 0 atom stereocenters. The maximum absolute atomic E-state index is 12.9. The number of hydrogen-bond donors (Lipinski definition) is 6. The first-order valence-electron chi connectivity index (χ1n) is 10.0. The minimum Gasteiger partial charge on any atom is -0.478 e. The van der Waals surface area contributed by atoms with Crippen molar-refractivity contribution in [2.75, 3.05) is 24.7 Å². The van der Waals surface area contributed by atoms with Gasteiger partial charge in [0, 0.05) is 21.2 Å². The summed E-state index contributed by atoms with van der Waals surface area (Å²) in [7, 11) is 2.77. The summed E-state index contributed by atoms with van der Waals surface area (Å²) in [4.78, 5) is 74.4. The topological polar surface area (TPSA) is 191 Å². The number of aromatic carboxylic acids is 2. The zero-order valence-electron chi connectivity index (χ0n) is 19.3. The third kappa shape index (κ3) is 7.54. The zero-order valence-corrected chi connectivity index (χ0v) is 32.3. The van der Waals surface area contributed by atoms with Gasteiger partial charge in [-0.25, -0.2) is 9.59 Å². The van der Waals surface area contributed by atoms with Crippen molar-refractivity contribution in [1.82, 2.24) is 10.6 Å². The van der Waals surface area contributed by atoms with Crippen LogP contribution < -0.4 is 21.3 Å². The molecule has 12 nitrogen and oxygen atoms in total. The first-order chi connectivity index (χ1) is 18.1. The molecule has 4 amide bonds. The molecule has 0 fully saturated rings. The third-order valence-corrected chi connectivity index (χ3v) is 11.3. The molecular formula is C21H14I6N4O8. The van der Waals surface area contributed by atoms with Crippen LogP contribution in [0.15, 0.2) is 0 Å². The van der Waals surface area contributed by atoms with E-state index in [4.69, 9.17) is 0 Å². The predicted molar refractivity (Wildman–Crippen MR) is 192 cm³/mol. The highest BCUT2D eigenvalue weighted by Crippen LogP contribution is 2.37. The normalized spacial score (nSPS) is 10.5. The summed E-state index contributed by atoms with van der Waals surface area (Å²) >= 11 is 10.6. The van der Waals surface area contributed by atoms with Gasteiger partial charge in [0.1, 0.15) is 6.42 Å². The highest BCUT2D eigenvalue weighted by atomic mass is 127. The van der Waals surface area contributed by atoms with E-state index in [1.807, 2.05) is 45.2 Å².